The number of ketones is 3. The molecule has 0 bridgehead atoms. The molecule has 0 radical (unpaired) electrons. The highest BCUT2D eigenvalue weighted by Gasteiger charge is 2.62. The minimum Gasteiger partial charge on any atom is -0.296 e. The van der Waals surface area contributed by atoms with Gasteiger partial charge in [0.15, 0.2) is 12.0 Å². The van der Waals surface area contributed by atoms with Crippen molar-refractivity contribution in [3.8, 4) is 0 Å². The number of hydrogen-bond acceptors (Lipinski definition) is 3. The van der Waals surface area contributed by atoms with Gasteiger partial charge in [-0.1, -0.05) is 26.0 Å². The Bertz CT molecular complexity index is 720. The van der Waals surface area contributed by atoms with E-state index in [9.17, 15) is 18.8 Å². The van der Waals surface area contributed by atoms with Gasteiger partial charge < -0.3 is 0 Å². The third-order valence-corrected chi connectivity index (χ3v) is 7.51. The molecule has 3 fully saturated rings. The Morgan fingerprint density at radius 3 is 2.58 bits per heavy atom. The Kier molecular flexibility index (Phi) is 3.14. The molecule has 24 heavy (non-hydrogen) atoms. The highest BCUT2D eigenvalue weighted by Crippen LogP contribution is 2.65. The fraction of sp³-hybridized carbons (Fsp3) is 0.650. The van der Waals surface area contributed by atoms with E-state index < -0.39 is 22.8 Å². The molecule has 0 heterocycles. The van der Waals surface area contributed by atoms with Gasteiger partial charge >= 0.3 is 0 Å². The first kappa shape index (κ1) is 15.9. The largest absolute Gasteiger partial charge is 0.296 e. The predicted octanol–water partition coefficient (Wildman–Crippen LogP) is 3.38. The Hall–Kier alpha value is -1.58. The van der Waals surface area contributed by atoms with E-state index in [1.54, 1.807) is 0 Å². The van der Waals surface area contributed by atoms with E-state index in [-0.39, 0.29) is 35.7 Å². The lowest BCUT2D eigenvalue weighted by Gasteiger charge is -2.56. The quantitative estimate of drug-likeness (QED) is 0.640. The molecule has 6 atom stereocenters. The van der Waals surface area contributed by atoms with Crippen LogP contribution in [-0.2, 0) is 14.4 Å². The van der Waals surface area contributed by atoms with Gasteiger partial charge in [-0.2, -0.15) is 0 Å². The molecule has 0 amide bonds. The SMILES string of the molecule is C=C1C[C@@H]2[C@H](CC[C@]3(C)C(=O)[C@H](F)C[C@@H]23)[C@@]2(C)CC(=O)C(=O)C=C12. The van der Waals surface area contributed by atoms with Crippen molar-refractivity contribution in [3.63, 3.8) is 0 Å². The summed E-state index contributed by atoms with van der Waals surface area (Å²) in [7, 11) is 0. The lowest BCUT2D eigenvalue weighted by atomic mass is 9.46. The number of rotatable bonds is 0. The van der Waals surface area contributed by atoms with Gasteiger partial charge in [-0.15, -0.1) is 0 Å². The van der Waals surface area contributed by atoms with Gasteiger partial charge in [-0.05, 0) is 55.1 Å². The molecule has 128 valence electrons. The molecule has 0 aromatic carbocycles. The van der Waals surface area contributed by atoms with Crippen molar-refractivity contribution in [2.24, 2.45) is 28.6 Å². The first-order chi connectivity index (χ1) is 11.2. The van der Waals surface area contributed by atoms with Crippen LogP contribution in [-0.4, -0.2) is 23.5 Å². The Labute approximate surface area is 141 Å². The van der Waals surface area contributed by atoms with Gasteiger partial charge in [0.1, 0.15) is 0 Å². The van der Waals surface area contributed by atoms with Gasteiger partial charge in [0.05, 0.1) is 0 Å². The van der Waals surface area contributed by atoms with Crippen LogP contribution in [0.4, 0.5) is 4.39 Å². The van der Waals surface area contributed by atoms with E-state index >= 15 is 0 Å². The third-order valence-electron chi connectivity index (χ3n) is 7.51. The molecule has 4 rings (SSSR count). The summed E-state index contributed by atoms with van der Waals surface area (Å²) in [6, 6.07) is 0. The molecule has 3 nitrogen and oxygen atoms in total. The number of carbonyl (C=O) groups excluding carboxylic acids is 3. The van der Waals surface area contributed by atoms with E-state index in [1.807, 2.05) is 6.92 Å². The number of carbonyl (C=O) groups is 3. The van der Waals surface area contributed by atoms with Crippen molar-refractivity contribution in [3.05, 3.63) is 23.8 Å². The van der Waals surface area contributed by atoms with Crippen molar-refractivity contribution < 1.29 is 18.8 Å². The second-order valence-corrected chi connectivity index (χ2v) is 8.65. The maximum absolute atomic E-state index is 14.2. The number of fused-ring (bicyclic) bond motifs is 5. The van der Waals surface area contributed by atoms with Crippen LogP contribution in [0.3, 0.4) is 0 Å². The monoisotopic (exact) mass is 330 g/mol. The number of Topliss-reactive ketones (excluding diaryl/α,β-unsaturated/α-hetero) is 2. The molecule has 4 aliphatic rings. The smallest absolute Gasteiger partial charge is 0.221 e. The van der Waals surface area contributed by atoms with Crippen molar-refractivity contribution in [1.29, 1.82) is 0 Å². The van der Waals surface area contributed by atoms with Gasteiger partial charge in [-0.3, -0.25) is 14.4 Å². The van der Waals surface area contributed by atoms with Crippen LogP contribution in [0.15, 0.2) is 23.8 Å². The summed E-state index contributed by atoms with van der Waals surface area (Å²) < 4.78 is 14.2. The summed E-state index contributed by atoms with van der Waals surface area (Å²) in [5.41, 5.74) is 0.827. The van der Waals surface area contributed by atoms with Crippen LogP contribution in [0.2, 0.25) is 0 Å². The lowest BCUT2D eigenvalue weighted by molar-refractivity contribution is -0.139. The maximum atomic E-state index is 14.2. The molecule has 4 heteroatoms. The van der Waals surface area contributed by atoms with Crippen LogP contribution in [0.1, 0.15) is 46.0 Å². The van der Waals surface area contributed by atoms with E-state index in [2.05, 4.69) is 13.5 Å². The Morgan fingerprint density at radius 1 is 1.17 bits per heavy atom. The van der Waals surface area contributed by atoms with Crippen LogP contribution in [0.5, 0.6) is 0 Å². The minimum absolute atomic E-state index is 0.0154. The molecule has 0 N–H and O–H groups in total. The summed E-state index contributed by atoms with van der Waals surface area (Å²) in [5, 5.41) is 0. The van der Waals surface area contributed by atoms with Crippen molar-refractivity contribution >= 4 is 17.3 Å². The molecule has 0 spiro atoms. The van der Waals surface area contributed by atoms with Crippen molar-refractivity contribution in [2.45, 2.75) is 52.1 Å². The number of alkyl halides is 1. The second kappa shape index (κ2) is 4.74. The standard InChI is InChI=1S/C20H23FO3/c1-10-6-11-12(20(3)9-17(23)16(22)8-13(10)20)4-5-19(2)14(11)7-15(21)18(19)24/h8,11-12,14-15H,1,4-7,9H2,2-3H3/t11-,12+,14+,15-,19+,20-/m1/s1. The number of hydrogen-bond donors (Lipinski definition) is 0. The molecule has 0 saturated heterocycles. The van der Waals surface area contributed by atoms with E-state index in [0.29, 0.717) is 19.3 Å². The third kappa shape index (κ3) is 1.80. The first-order valence-corrected chi connectivity index (χ1v) is 8.84. The zero-order valence-electron chi connectivity index (χ0n) is 14.2. The molecule has 4 aliphatic carbocycles. The molecule has 0 unspecified atom stereocenters. The second-order valence-electron chi connectivity index (χ2n) is 8.65. The normalized spacial score (nSPS) is 47.9. The van der Waals surface area contributed by atoms with Crippen LogP contribution >= 0.6 is 0 Å². The molecule has 3 saturated carbocycles. The van der Waals surface area contributed by atoms with Gasteiger partial charge in [0, 0.05) is 17.3 Å². The zero-order valence-corrected chi connectivity index (χ0v) is 14.2. The summed E-state index contributed by atoms with van der Waals surface area (Å²) in [5.74, 6) is -0.609. The fourth-order valence-electron chi connectivity index (χ4n) is 6.24. The van der Waals surface area contributed by atoms with E-state index in [4.69, 9.17) is 0 Å². The summed E-state index contributed by atoms with van der Waals surface area (Å²) in [4.78, 5) is 36.3. The lowest BCUT2D eigenvalue weighted by Crippen LogP contribution is -2.52. The highest BCUT2D eigenvalue weighted by molar-refractivity contribution is 6.42. The molecule has 0 aliphatic heterocycles. The van der Waals surface area contributed by atoms with E-state index in [1.165, 1.54) is 6.08 Å². The number of halogens is 1. The van der Waals surface area contributed by atoms with Crippen LogP contribution in [0.25, 0.3) is 0 Å². The zero-order chi connectivity index (χ0) is 17.4. The highest BCUT2D eigenvalue weighted by atomic mass is 19.1. The van der Waals surface area contributed by atoms with E-state index in [0.717, 1.165) is 17.6 Å². The molecular weight excluding hydrogens is 307 g/mol. The van der Waals surface area contributed by atoms with Crippen molar-refractivity contribution in [1.82, 2.24) is 0 Å². The number of allylic oxidation sites excluding steroid dienone is 2. The molecule has 0 aromatic rings. The van der Waals surface area contributed by atoms with Crippen molar-refractivity contribution in [2.75, 3.05) is 0 Å². The minimum atomic E-state index is -1.36. The Morgan fingerprint density at radius 2 is 1.88 bits per heavy atom. The Balaban J connectivity index is 1.78. The first-order valence-electron chi connectivity index (χ1n) is 8.84. The van der Waals surface area contributed by atoms with Crippen LogP contribution in [0, 0.1) is 28.6 Å². The summed E-state index contributed by atoms with van der Waals surface area (Å²) in [6.45, 7) is 8.13. The van der Waals surface area contributed by atoms with Crippen LogP contribution < -0.4 is 0 Å². The molecular formula is C20H23FO3. The van der Waals surface area contributed by atoms with Gasteiger partial charge in [0.2, 0.25) is 11.6 Å². The predicted molar refractivity (Wildman–Crippen MR) is 86.9 cm³/mol. The maximum Gasteiger partial charge on any atom is 0.221 e. The average molecular weight is 330 g/mol. The topological polar surface area (TPSA) is 51.2 Å². The summed E-state index contributed by atoms with van der Waals surface area (Å²) in [6.07, 6.45) is 2.82. The van der Waals surface area contributed by atoms with Gasteiger partial charge in [0.25, 0.3) is 0 Å². The van der Waals surface area contributed by atoms with Gasteiger partial charge in [-0.25, -0.2) is 4.39 Å². The fourth-order valence-corrected chi connectivity index (χ4v) is 6.24. The molecule has 0 aromatic heterocycles. The average Bonchev–Trinajstić information content (AvgIpc) is 2.74. The summed E-state index contributed by atoms with van der Waals surface area (Å²) >= 11 is 0.